The summed E-state index contributed by atoms with van der Waals surface area (Å²) in [5.41, 5.74) is 2.61. The second kappa shape index (κ2) is 5.79. The number of hydrogen-bond acceptors (Lipinski definition) is 1. The van der Waals surface area contributed by atoms with Crippen LogP contribution in [0.15, 0.2) is 60.7 Å². The van der Waals surface area contributed by atoms with E-state index in [2.05, 4.69) is 48.5 Å². The minimum absolute atomic E-state index is 0.333. The van der Waals surface area contributed by atoms with E-state index in [1.54, 1.807) is 9.47 Å². The third-order valence-corrected chi connectivity index (χ3v) is 2.92. The third kappa shape index (κ3) is 2.69. The Morgan fingerprint density at radius 2 is 1.25 bits per heavy atom. The molecular formula is C14H16OP+. The molecule has 0 aromatic heterocycles. The van der Waals surface area contributed by atoms with Gasteiger partial charge in [-0.15, -0.1) is 0 Å². The van der Waals surface area contributed by atoms with Crippen LogP contribution >= 0.6 is 9.47 Å². The highest BCUT2D eigenvalue weighted by atomic mass is 31.0. The summed E-state index contributed by atoms with van der Waals surface area (Å²) in [6, 6.07) is 21.0. The van der Waals surface area contributed by atoms with Crippen molar-refractivity contribution in [1.29, 1.82) is 0 Å². The van der Waals surface area contributed by atoms with Crippen LogP contribution in [-0.4, -0.2) is 6.61 Å². The lowest BCUT2D eigenvalue weighted by Crippen LogP contribution is -2.06. The molecule has 0 bridgehead atoms. The van der Waals surface area contributed by atoms with E-state index in [0.717, 1.165) is 6.61 Å². The molecule has 0 heterocycles. The van der Waals surface area contributed by atoms with Crippen LogP contribution in [-0.2, 0) is 4.52 Å². The molecule has 0 amide bonds. The Hall–Kier alpha value is -1.17. The van der Waals surface area contributed by atoms with Gasteiger partial charge in [-0.1, -0.05) is 60.7 Å². The summed E-state index contributed by atoms with van der Waals surface area (Å²) >= 11 is 0. The summed E-state index contributed by atoms with van der Waals surface area (Å²) in [5, 5.41) is 0. The summed E-state index contributed by atoms with van der Waals surface area (Å²) in [7, 11) is 1.56. The zero-order chi connectivity index (χ0) is 11.2. The molecule has 2 rings (SSSR count). The first-order valence-corrected chi connectivity index (χ1v) is 5.96. The molecule has 0 saturated carbocycles. The highest BCUT2D eigenvalue weighted by Gasteiger charge is 2.13. The molecule has 0 saturated heterocycles. The molecule has 82 valence electrons. The second-order valence-corrected chi connectivity index (χ2v) is 4.15. The standard InChI is InChI=1S/C14H16OP/c16-15-11-14(12-7-3-1-4-8-12)13-9-5-2-6-10-13/h1-10,14H,11H2,16H3/q+1. The maximum atomic E-state index is 5.34. The summed E-state index contributed by atoms with van der Waals surface area (Å²) in [5.74, 6) is 0.333. The molecule has 1 atom stereocenters. The molecular weight excluding hydrogens is 215 g/mol. The zero-order valence-electron chi connectivity index (χ0n) is 9.17. The Morgan fingerprint density at radius 1 is 0.812 bits per heavy atom. The van der Waals surface area contributed by atoms with Gasteiger partial charge in [-0.05, 0) is 11.1 Å². The lowest BCUT2D eigenvalue weighted by molar-refractivity contribution is 0.353. The van der Waals surface area contributed by atoms with Crippen molar-refractivity contribution in [3.8, 4) is 0 Å². The summed E-state index contributed by atoms with van der Waals surface area (Å²) in [4.78, 5) is 0. The quantitative estimate of drug-likeness (QED) is 0.733. The molecule has 0 fully saturated rings. The lowest BCUT2D eigenvalue weighted by atomic mass is 9.92. The minimum atomic E-state index is 0.333. The molecule has 0 aliphatic carbocycles. The van der Waals surface area contributed by atoms with E-state index >= 15 is 0 Å². The van der Waals surface area contributed by atoms with Crippen LogP contribution in [0.3, 0.4) is 0 Å². The number of benzene rings is 2. The van der Waals surface area contributed by atoms with Crippen molar-refractivity contribution >= 4 is 9.47 Å². The van der Waals surface area contributed by atoms with Crippen molar-refractivity contribution in [2.45, 2.75) is 5.92 Å². The number of hydrogen-bond donors (Lipinski definition) is 0. The van der Waals surface area contributed by atoms with E-state index in [4.69, 9.17) is 4.52 Å². The first-order chi connectivity index (χ1) is 7.92. The van der Waals surface area contributed by atoms with Crippen LogP contribution in [0.25, 0.3) is 0 Å². The Balaban J connectivity index is 2.31. The van der Waals surface area contributed by atoms with Gasteiger partial charge in [0, 0.05) is 5.92 Å². The van der Waals surface area contributed by atoms with Gasteiger partial charge in [0.25, 0.3) is 0 Å². The van der Waals surface area contributed by atoms with Crippen LogP contribution in [0.5, 0.6) is 0 Å². The molecule has 0 N–H and O–H groups in total. The highest BCUT2D eigenvalue weighted by Crippen LogP contribution is 2.25. The van der Waals surface area contributed by atoms with Gasteiger partial charge in [0.1, 0.15) is 16.1 Å². The molecule has 1 nitrogen and oxygen atoms in total. The Morgan fingerprint density at radius 3 is 1.62 bits per heavy atom. The van der Waals surface area contributed by atoms with Crippen LogP contribution in [0.1, 0.15) is 17.0 Å². The summed E-state index contributed by atoms with van der Waals surface area (Å²) in [6.45, 7) is 0.729. The average Bonchev–Trinajstić information content (AvgIpc) is 2.38. The maximum absolute atomic E-state index is 5.34. The Kier molecular flexibility index (Phi) is 4.10. The first-order valence-electron chi connectivity index (χ1n) is 5.38. The lowest BCUT2D eigenvalue weighted by Gasteiger charge is -2.15. The fraction of sp³-hybridized carbons (Fsp3) is 0.143. The van der Waals surface area contributed by atoms with Gasteiger partial charge >= 0.3 is 0 Å². The van der Waals surface area contributed by atoms with E-state index in [0.29, 0.717) is 5.92 Å². The molecule has 2 aromatic rings. The average molecular weight is 231 g/mol. The van der Waals surface area contributed by atoms with Crippen LogP contribution in [0.4, 0.5) is 0 Å². The van der Waals surface area contributed by atoms with E-state index in [1.165, 1.54) is 11.1 Å². The van der Waals surface area contributed by atoms with Gasteiger partial charge in [-0.3, -0.25) is 0 Å². The van der Waals surface area contributed by atoms with Crippen molar-refractivity contribution in [2.24, 2.45) is 0 Å². The van der Waals surface area contributed by atoms with Crippen molar-refractivity contribution in [3.05, 3.63) is 71.8 Å². The monoisotopic (exact) mass is 231 g/mol. The predicted molar refractivity (Wildman–Crippen MR) is 71.8 cm³/mol. The molecule has 0 radical (unpaired) electrons. The van der Waals surface area contributed by atoms with Gasteiger partial charge in [-0.2, -0.15) is 0 Å². The highest BCUT2D eigenvalue weighted by molar-refractivity contribution is 7.09. The molecule has 0 spiro atoms. The molecule has 0 aliphatic rings. The van der Waals surface area contributed by atoms with Crippen molar-refractivity contribution in [1.82, 2.24) is 0 Å². The second-order valence-electron chi connectivity index (χ2n) is 3.74. The fourth-order valence-electron chi connectivity index (χ4n) is 1.87. The van der Waals surface area contributed by atoms with Crippen molar-refractivity contribution < 1.29 is 4.52 Å². The van der Waals surface area contributed by atoms with Crippen molar-refractivity contribution in [3.63, 3.8) is 0 Å². The maximum Gasteiger partial charge on any atom is 0.107 e. The van der Waals surface area contributed by atoms with E-state index in [9.17, 15) is 0 Å². The summed E-state index contributed by atoms with van der Waals surface area (Å²) < 4.78 is 5.34. The first kappa shape index (κ1) is 11.3. The predicted octanol–water partition coefficient (Wildman–Crippen LogP) is 3.36. The van der Waals surface area contributed by atoms with E-state index in [1.807, 2.05) is 12.1 Å². The van der Waals surface area contributed by atoms with Gasteiger partial charge in [0.2, 0.25) is 0 Å². The van der Waals surface area contributed by atoms with E-state index < -0.39 is 0 Å². The molecule has 2 heteroatoms. The van der Waals surface area contributed by atoms with Crippen LogP contribution in [0, 0.1) is 0 Å². The van der Waals surface area contributed by atoms with Gasteiger partial charge in [-0.25, -0.2) is 4.52 Å². The normalized spacial score (nSPS) is 10.8. The molecule has 0 aliphatic heterocycles. The number of rotatable bonds is 4. The Bertz CT molecular complexity index is 374. The molecule has 1 unspecified atom stereocenters. The van der Waals surface area contributed by atoms with Gasteiger partial charge in [0.05, 0.1) is 0 Å². The van der Waals surface area contributed by atoms with E-state index in [-0.39, 0.29) is 0 Å². The van der Waals surface area contributed by atoms with Crippen LogP contribution in [0.2, 0.25) is 0 Å². The molecule has 2 aromatic carbocycles. The third-order valence-electron chi connectivity index (χ3n) is 2.69. The zero-order valence-corrected chi connectivity index (χ0v) is 10.6. The van der Waals surface area contributed by atoms with Gasteiger partial charge < -0.3 is 0 Å². The smallest absolute Gasteiger partial charge is 0.107 e. The van der Waals surface area contributed by atoms with Crippen LogP contribution < -0.4 is 0 Å². The fourth-order valence-corrected chi connectivity index (χ4v) is 2.11. The Labute approximate surface area is 98.7 Å². The largest absolute Gasteiger partial charge is 0.245 e. The minimum Gasteiger partial charge on any atom is -0.245 e. The molecule has 16 heavy (non-hydrogen) atoms. The SMILES string of the molecule is [PH3+]OCC(c1ccccc1)c1ccccc1. The van der Waals surface area contributed by atoms with Crippen molar-refractivity contribution in [2.75, 3.05) is 6.61 Å². The van der Waals surface area contributed by atoms with Gasteiger partial charge in [0.15, 0.2) is 0 Å². The summed E-state index contributed by atoms with van der Waals surface area (Å²) in [6.07, 6.45) is 0. The topological polar surface area (TPSA) is 9.23 Å².